The molecule has 1 atom stereocenters. The highest BCUT2D eigenvalue weighted by Gasteiger charge is 2.45. The van der Waals surface area contributed by atoms with Crippen LogP contribution in [0.3, 0.4) is 0 Å². The molecular weight excluding hydrogens is 416 g/mol. The van der Waals surface area contributed by atoms with E-state index in [0.717, 1.165) is 43.4 Å². The summed E-state index contributed by atoms with van der Waals surface area (Å²) >= 11 is 0. The van der Waals surface area contributed by atoms with E-state index in [2.05, 4.69) is 16.0 Å². The number of unbranched alkanes of at least 4 members (excludes halogenated alkanes) is 5. The Balaban J connectivity index is 1.48. The highest BCUT2D eigenvalue weighted by atomic mass is 16.4. The van der Waals surface area contributed by atoms with Gasteiger partial charge in [-0.1, -0.05) is 31.7 Å². The molecule has 1 fully saturated rings. The van der Waals surface area contributed by atoms with E-state index in [1.165, 1.54) is 0 Å². The third-order valence-electron chi connectivity index (χ3n) is 5.66. The van der Waals surface area contributed by atoms with E-state index >= 15 is 0 Å². The van der Waals surface area contributed by atoms with Gasteiger partial charge in [0.05, 0.1) is 11.1 Å². The first kappa shape index (κ1) is 23.2. The molecule has 1 unspecified atom stereocenters. The number of piperidine rings is 1. The standard InChI is InChI=1S/C22H28N4O6/c27-17-11-10-16(19(28)25-17)26-20(29)14-8-7-9-15(18(14)21(26)30)23-12-5-3-1-2-4-6-13-24-22(31)32/h7-9,16,23-24H,1-6,10-13H2,(H,31,32)(H,25,27,28). The quantitative estimate of drug-likeness (QED) is 0.302. The Labute approximate surface area is 185 Å². The molecule has 2 aliphatic heterocycles. The Morgan fingerprint density at radius 1 is 1.00 bits per heavy atom. The van der Waals surface area contributed by atoms with E-state index < -0.39 is 35.8 Å². The number of hydrogen-bond acceptors (Lipinski definition) is 6. The SMILES string of the molecule is O=C(O)NCCCCCCCCNc1cccc2c1C(=O)N(C1CCC(=O)NC1=O)C2=O. The molecule has 2 heterocycles. The number of carboxylic acid groups (broad SMARTS) is 1. The van der Waals surface area contributed by atoms with Crippen LogP contribution in [-0.4, -0.2) is 58.9 Å². The van der Waals surface area contributed by atoms with E-state index in [1.807, 2.05) is 0 Å². The van der Waals surface area contributed by atoms with E-state index in [1.54, 1.807) is 18.2 Å². The zero-order valence-electron chi connectivity index (χ0n) is 17.8. The van der Waals surface area contributed by atoms with Crippen molar-refractivity contribution in [2.24, 2.45) is 0 Å². The van der Waals surface area contributed by atoms with Crippen molar-refractivity contribution in [1.82, 2.24) is 15.5 Å². The molecule has 5 amide bonds. The van der Waals surface area contributed by atoms with E-state index in [4.69, 9.17) is 5.11 Å². The topological polar surface area (TPSA) is 145 Å². The van der Waals surface area contributed by atoms with Crippen LogP contribution < -0.4 is 16.0 Å². The van der Waals surface area contributed by atoms with Gasteiger partial charge in [-0.15, -0.1) is 0 Å². The summed E-state index contributed by atoms with van der Waals surface area (Å²) in [5.74, 6) is -2.05. The Morgan fingerprint density at radius 3 is 2.38 bits per heavy atom. The van der Waals surface area contributed by atoms with Crippen molar-refractivity contribution in [2.45, 2.75) is 57.4 Å². The number of amides is 5. The van der Waals surface area contributed by atoms with Gasteiger partial charge in [0.2, 0.25) is 11.8 Å². The summed E-state index contributed by atoms with van der Waals surface area (Å²) in [6, 6.07) is 4.05. The summed E-state index contributed by atoms with van der Waals surface area (Å²) in [4.78, 5) is 60.8. The summed E-state index contributed by atoms with van der Waals surface area (Å²) in [7, 11) is 0. The van der Waals surface area contributed by atoms with E-state index in [-0.39, 0.29) is 24.0 Å². The number of rotatable bonds is 11. The molecule has 32 heavy (non-hydrogen) atoms. The largest absolute Gasteiger partial charge is 0.465 e. The van der Waals surface area contributed by atoms with Gasteiger partial charge in [-0.25, -0.2) is 4.79 Å². The lowest BCUT2D eigenvalue weighted by atomic mass is 10.0. The van der Waals surface area contributed by atoms with Crippen LogP contribution in [0.15, 0.2) is 18.2 Å². The van der Waals surface area contributed by atoms with Gasteiger partial charge in [-0.3, -0.25) is 29.4 Å². The molecule has 1 aromatic rings. The molecular formula is C22H28N4O6. The predicted molar refractivity (Wildman–Crippen MR) is 115 cm³/mol. The van der Waals surface area contributed by atoms with Crippen LogP contribution in [0.1, 0.15) is 72.1 Å². The van der Waals surface area contributed by atoms with Crippen molar-refractivity contribution < 1.29 is 29.1 Å². The second-order valence-corrected chi connectivity index (χ2v) is 7.96. The second-order valence-electron chi connectivity index (χ2n) is 7.96. The molecule has 10 nitrogen and oxygen atoms in total. The van der Waals surface area contributed by atoms with Crippen molar-refractivity contribution >= 4 is 35.4 Å². The maximum absolute atomic E-state index is 13.0. The van der Waals surface area contributed by atoms with Gasteiger partial charge in [0.1, 0.15) is 6.04 Å². The number of fused-ring (bicyclic) bond motifs is 1. The average molecular weight is 444 g/mol. The third kappa shape index (κ3) is 5.43. The van der Waals surface area contributed by atoms with Gasteiger partial charge in [-0.05, 0) is 31.4 Å². The number of benzene rings is 1. The normalized spacial score (nSPS) is 17.9. The third-order valence-corrected chi connectivity index (χ3v) is 5.66. The summed E-state index contributed by atoms with van der Waals surface area (Å²) in [6.45, 7) is 1.11. The number of hydrogen-bond donors (Lipinski definition) is 4. The first-order chi connectivity index (χ1) is 15.4. The highest BCUT2D eigenvalue weighted by molar-refractivity contribution is 6.25. The Kier molecular flexibility index (Phi) is 7.80. The van der Waals surface area contributed by atoms with E-state index in [9.17, 15) is 24.0 Å². The molecule has 10 heteroatoms. The van der Waals surface area contributed by atoms with Crippen molar-refractivity contribution in [3.63, 3.8) is 0 Å². The molecule has 0 aliphatic carbocycles. The number of carbonyl (C=O) groups is 5. The highest BCUT2D eigenvalue weighted by Crippen LogP contribution is 2.32. The second kappa shape index (κ2) is 10.7. The molecule has 172 valence electrons. The lowest BCUT2D eigenvalue weighted by Gasteiger charge is -2.27. The summed E-state index contributed by atoms with van der Waals surface area (Å²) in [5, 5.41) is 16.3. The molecule has 1 aromatic carbocycles. The van der Waals surface area contributed by atoms with Crippen molar-refractivity contribution in [1.29, 1.82) is 0 Å². The minimum Gasteiger partial charge on any atom is -0.465 e. The molecule has 0 spiro atoms. The molecule has 0 aromatic heterocycles. The first-order valence-electron chi connectivity index (χ1n) is 11.0. The molecule has 0 saturated carbocycles. The number of nitrogens with zero attached hydrogens (tertiary/aromatic N) is 1. The summed E-state index contributed by atoms with van der Waals surface area (Å²) < 4.78 is 0. The fourth-order valence-corrected chi connectivity index (χ4v) is 4.04. The van der Waals surface area contributed by atoms with Crippen LogP contribution in [-0.2, 0) is 9.59 Å². The lowest BCUT2D eigenvalue weighted by Crippen LogP contribution is -2.54. The van der Waals surface area contributed by atoms with Crippen LogP contribution in [0.2, 0.25) is 0 Å². The fourth-order valence-electron chi connectivity index (χ4n) is 4.04. The fraction of sp³-hybridized carbons (Fsp3) is 0.500. The van der Waals surface area contributed by atoms with Crippen LogP contribution in [0.25, 0.3) is 0 Å². The van der Waals surface area contributed by atoms with Crippen molar-refractivity contribution in [2.75, 3.05) is 18.4 Å². The molecule has 0 radical (unpaired) electrons. The van der Waals surface area contributed by atoms with Crippen LogP contribution in [0, 0.1) is 0 Å². The van der Waals surface area contributed by atoms with Gasteiger partial charge >= 0.3 is 6.09 Å². The summed E-state index contributed by atoms with van der Waals surface area (Å²) in [6.07, 6.45) is 4.94. The number of carbonyl (C=O) groups excluding carboxylic acids is 4. The predicted octanol–water partition coefficient (Wildman–Crippen LogP) is 2.11. The van der Waals surface area contributed by atoms with Gasteiger partial charge in [0.25, 0.3) is 11.8 Å². The van der Waals surface area contributed by atoms with Gasteiger partial charge in [0.15, 0.2) is 0 Å². The zero-order valence-corrected chi connectivity index (χ0v) is 17.8. The van der Waals surface area contributed by atoms with Crippen LogP contribution in [0.5, 0.6) is 0 Å². The molecule has 3 rings (SSSR count). The average Bonchev–Trinajstić information content (AvgIpc) is 3.00. The number of imide groups is 2. The lowest BCUT2D eigenvalue weighted by molar-refractivity contribution is -0.136. The Morgan fingerprint density at radius 2 is 1.69 bits per heavy atom. The number of nitrogens with one attached hydrogen (secondary N) is 3. The smallest absolute Gasteiger partial charge is 0.404 e. The van der Waals surface area contributed by atoms with Crippen molar-refractivity contribution in [3.05, 3.63) is 29.3 Å². The Bertz CT molecular complexity index is 916. The van der Waals surface area contributed by atoms with Crippen LogP contribution in [0.4, 0.5) is 10.5 Å². The molecule has 0 bridgehead atoms. The molecule has 4 N–H and O–H groups in total. The monoisotopic (exact) mass is 444 g/mol. The molecule has 1 saturated heterocycles. The maximum Gasteiger partial charge on any atom is 0.404 e. The van der Waals surface area contributed by atoms with Gasteiger partial charge < -0.3 is 15.7 Å². The summed E-state index contributed by atoms with van der Waals surface area (Å²) in [5.41, 5.74) is 1.10. The number of anilines is 1. The Hall–Kier alpha value is -3.43. The van der Waals surface area contributed by atoms with E-state index in [0.29, 0.717) is 18.8 Å². The minimum absolute atomic E-state index is 0.0883. The maximum atomic E-state index is 13.0. The first-order valence-corrected chi connectivity index (χ1v) is 11.0. The zero-order chi connectivity index (χ0) is 23.1. The van der Waals surface area contributed by atoms with Crippen molar-refractivity contribution in [3.8, 4) is 0 Å². The van der Waals surface area contributed by atoms with Crippen LogP contribution >= 0.6 is 0 Å². The van der Waals surface area contributed by atoms with Gasteiger partial charge in [0, 0.05) is 25.2 Å². The molecule has 2 aliphatic rings. The van der Waals surface area contributed by atoms with Gasteiger partial charge in [-0.2, -0.15) is 0 Å². The minimum atomic E-state index is -0.996.